The maximum Gasteiger partial charge on any atom is 0.154 e. The lowest BCUT2D eigenvalue weighted by Gasteiger charge is -2.20. The Morgan fingerprint density at radius 3 is 2.67 bits per heavy atom. The summed E-state index contributed by atoms with van der Waals surface area (Å²) in [6.07, 6.45) is 6.24. The first kappa shape index (κ1) is 21.6. The Hall–Kier alpha value is -3.29. The molecule has 3 aromatic heterocycles. The van der Waals surface area contributed by atoms with Crippen LogP contribution in [0, 0.1) is 0 Å². The third-order valence-electron chi connectivity index (χ3n) is 6.33. The molecule has 1 saturated heterocycles. The molecule has 7 nitrogen and oxygen atoms in total. The van der Waals surface area contributed by atoms with Gasteiger partial charge in [-0.2, -0.15) is 5.10 Å². The van der Waals surface area contributed by atoms with Crippen LogP contribution < -0.4 is 10.6 Å². The fourth-order valence-electron chi connectivity index (χ4n) is 4.61. The van der Waals surface area contributed by atoms with Crippen LogP contribution in [0.5, 0.6) is 0 Å². The minimum absolute atomic E-state index is 0.0623. The zero-order chi connectivity index (χ0) is 22.8. The van der Waals surface area contributed by atoms with Crippen LogP contribution in [0.3, 0.4) is 0 Å². The van der Waals surface area contributed by atoms with Crippen molar-refractivity contribution in [1.29, 1.82) is 0 Å². The molecule has 7 heteroatoms. The van der Waals surface area contributed by atoms with Gasteiger partial charge in [-0.3, -0.25) is 4.98 Å². The minimum atomic E-state index is -0.105. The van der Waals surface area contributed by atoms with E-state index in [1.807, 2.05) is 47.3 Å². The van der Waals surface area contributed by atoms with E-state index in [0.717, 1.165) is 53.8 Å². The molecule has 170 valence electrons. The van der Waals surface area contributed by atoms with Crippen molar-refractivity contribution in [3.63, 3.8) is 0 Å². The van der Waals surface area contributed by atoms with E-state index in [2.05, 4.69) is 34.0 Å². The first-order valence-corrected chi connectivity index (χ1v) is 11.7. The minimum Gasteiger partial charge on any atom is -0.390 e. The topological polar surface area (TPSA) is 93.1 Å². The van der Waals surface area contributed by atoms with Crippen molar-refractivity contribution >= 4 is 16.6 Å². The molecule has 1 aliphatic rings. The highest BCUT2D eigenvalue weighted by Crippen LogP contribution is 2.35. The van der Waals surface area contributed by atoms with Crippen LogP contribution >= 0.6 is 0 Å². The van der Waals surface area contributed by atoms with Crippen molar-refractivity contribution in [1.82, 2.24) is 19.7 Å². The maximum absolute atomic E-state index is 9.54. The summed E-state index contributed by atoms with van der Waals surface area (Å²) in [6.45, 7) is 4.11. The van der Waals surface area contributed by atoms with Crippen molar-refractivity contribution in [3.8, 4) is 17.1 Å². The van der Waals surface area contributed by atoms with E-state index in [9.17, 15) is 5.11 Å². The fraction of sp³-hybridized carbons (Fsp3) is 0.346. The lowest BCUT2D eigenvalue weighted by atomic mass is 10.0. The number of hydrogen-bond acceptors (Lipinski definition) is 6. The molecule has 1 aromatic carbocycles. The standard InChI is InChI=1S/C26H30N6O/c1-2-7-21(27)23-10-6-9-22(30-23)18-14-24(31-12-3-4-13-31)20-16-28-32(25(20)15-18)26-11-5-8-19(17-33)29-26/h5-6,8-11,14-16,21,33H,2-4,7,12-13,17,27H2,1H3/t21-/m0/s1. The quantitative estimate of drug-likeness (QED) is 0.441. The van der Waals surface area contributed by atoms with Gasteiger partial charge >= 0.3 is 0 Å². The predicted octanol–water partition coefficient (Wildman–Crippen LogP) is 4.37. The number of aliphatic hydroxyl groups is 1. The summed E-state index contributed by atoms with van der Waals surface area (Å²) >= 11 is 0. The van der Waals surface area contributed by atoms with Gasteiger partial charge in [0, 0.05) is 35.8 Å². The van der Waals surface area contributed by atoms with Crippen molar-refractivity contribution in [2.24, 2.45) is 5.73 Å². The van der Waals surface area contributed by atoms with Gasteiger partial charge in [0.05, 0.1) is 35.4 Å². The molecule has 1 fully saturated rings. The average Bonchev–Trinajstić information content (AvgIpc) is 3.54. The number of nitrogens with two attached hydrogens (primary N) is 1. The van der Waals surface area contributed by atoms with Crippen molar-refractivity contribution < 1.29 is 5.11 Å². The van der Waals surface area contributed by atoms with E-state index < -0.39 is 0 Å². The van der Waals surface area contributed by atoms with Crippen molar-refractivity contribution in [2.45, 2.75) is 45.3 Å². The Bertz CT molecular complexity index is 1260. The monoisotopic (exact) mass is 442 g/mol. The van der Waals surface area contributed by atoms with Gasteiger partial charge in [0.1, 0.15) is 0 Å². The first-order valence-electron chi connectivity index (χ1n) is 11.7. The number of fused-ring (bicyclic) bond motifs is 1. The molecule has 5 rings (SSSR count). The van der Waals surface area contributed by atoms with E-state index in [-0.39, 0.29) is 12.6 Å². The number of rotatable bonds is 7. The number of pyridine rings is 2. The maximum atomic E-state index is 9.54. The SMILES string of the molecule is CCC[C@H](N)c1cccc(-c2cc(N3CCCC3)c3cnn(-c4cccc(CO)n4)c3c2)n1. The lowest BCUT2D eigenvalue weighted by molar-refractivity contribution is 0.276. The summed E-state index contributed by atoms with van der Waals surface area (Å²) in [4.78, 5) is 11.9. The van der Waals surface area contributed by atoms with Gasteiger partial charge in [0.2, 0.25) is 0 Å². The molecule has 1 atom stereocenters. The van der Waals surface area contributed by atoms with Gasteiger partial charge < -0.3 is 15.7 Å². The Morgan fingerprint density at radius 2 is 1.88 bits per heavy atom. The second kappa shape index (κ2) is 9.29. The average molecular weight is 443 g/mol. The Labute approximate surface area is 193 Å². The molecule has 0 radical (unpaired) electrons. The number of aliphatic hydroxyl groups excluding tert-OH is 1. The van der Waals surface area contributed by atoms with Gasteiger partial charge in [-0.25, -0.2) is 9.67 Å². The van der Waals surface area contributed by atoms with E-state index >= 15 is 0 Å². The number of hydrogen-bond donors (Lipinski definition) is 2. The summed E-state index contributed by atoms with van der Waals surface area (Å²) in [5.74, 6) is 0.688. The predicted molar refractivity (Wildman–Crippen MR) is 131 cm³/mol. The third-order valence-corrected chi connectivity index (χ3v) is 6.33. The Balaban J connectivity index is 1.67. The normalized spacial score (nSPS) is 14.8. The van der Waals surface area contributed by atoms with Gasteiger partial charge in [-0.1, -0.05) is 25.5 Å². The van der Waals surface area contributed by atoms with Crippen LogP contribution in [0.2, 0.25) is 0 Å². The number of aromatic nitrogens is 4. The highest BCUT2D eigenvalue weighted by atomic mass is 16.3. The molecule has 0 amide bonds. The largest absolute Gasteiger partial charge is 0.390 e. The van der Waals surface area contributed by atoms with Gasteiger partial charge in [0.25, 0.3) is 0 Å². The highest BCUT2D eigenvalue weighted by molar-refractivity contribution is 5.96. The number of anilines is 1. The van der Waals surface area contributed by atoms with Crippen LogP contribution in [-0.2, 0) is 6.61 Å². The van der Waals surface area contributed by atoms with Crippen molar-refractivity contribution in [3.05, 3.63) is 66.1 Å². The van der Waals surface area contributed by atoms with E-state index in [0.29, 0.717) is 11.5 Å². The third kappa shape index (κ3) is 4.21. The smallest absolute Gasteiger partial charge is 0.154 e. The summed E-state index contributed by atoms with van der Waals surface area (Å²) in [7, 11) is 0. The van der Waals surface area contributed by atoms with Gasteiger partial charge in [-0.15, -0.1) is 0 Å². The molecular formula is C26H30N6O. The first-order chi connectivity index (χ1) is 16.2. The lowest BCUT2D eigenvalue weighted by Crippen LogP contribution is -2.18. The number of benzene rings is 1. The zero-order valence-electron chi connectivity index (χ0n) is 19.0. The summed E-state index contributed by atoms with van der Waals surface area (Å²) in [5, 5.41) is 15.3. The number of nitrogens with zero attached hydrogens (tertiary/aromatic N) is 5. The second-order valence-corrected chi connectivity index (χ2v) is 8.67. The van der Waals surface area contributed by atoms with E-state index in [4.69, 9.17) is 10.7 Å². The molecule has 1 aliphatic heterocycles. The summed E-state index contributed by atoms with van der Waals surface area (Å²) in [6, 6.07) is 16.0. The Morgan fingerprint density at radius 1 is 1.06 bits per heavy atom. The van der Waals surface area contributed by atoms with Crippen LogP contribution in [0.25, 0.3) is 28.0 Å². The second-order valence-electron chi connectivity index (χ2n) is 8.67. The highest BCUT2D eigenvalue weighted by Gasteiger charge is 2.20. The van der Waals surface area contributed by atoms with Crippen molar-refractivity contribution in [2.75, 3.05) is 18.0 Å². The molecule has 0 saturated carbocycles. The zero-order valence-corrected chi connectivity index (χ0v) is 19.0. The van der Waals surface area contributed by atoms with Gasteiger partial charge in [0.15, 0.2) is 5.82 Å². The molecule has 33 heavy (non-hydrogen) atoms. The van der Waals surface area contributed by atoms with E-state index in [1.165, 1.54) is 18.5 Å². The fourth-order valence-corrected chi connectivity index (χ4v) is 4.61. The van der Waals surface area contributed by atoms with Crippen LogP contribution in [-0.4, -0.2) is 37.9 Å². The van der Waals surface area contributed by atoms with Gasteiger partial charge in [-0.05, 0) is 55.7 Å². The summed E-state index contributed by atoms with van der Waals surface area (Å²) in [5.41, 5.74) is 12.0. The van der Waals surface area contributed by atoms with Crippen LogP contribution in [0.1, 0.15) is 50.0 Å². The molecule has 4 aromatic rings. The molecule has 0 unspecified atom stereocenters. The van der Waals surface area contributed by atoms with Crippen LogP contribution in [0.4, 0.5) is 5.69 Å². The Kier molecular flexibility index (Phi) is 6.07. The molecule has 0 bridgehead atoms. The molecule has 0 spiro atoms. The van der Waals surface area contributed by atoms with Crippen LogP contribution in [0.15, 0.2) is 54.7 Å². The van der Waals surface area contributed by atoms with E-state index in [1.54, 1.807) is 0 Å². The molecular weight excluding hydrogens is 412 g/mol. The summed E-state index contributed by atoms with van der Waals surface area (Å²) < 4.78 is 1.85. The molecule has 4 heterocycles. The molecule has 0 aliphatic carbocycles. The molecule has 3 N–H and O–H groups in total.